The molecule has 1 unspecified atom stereocenters. The number of thiazole rings is 1. The Morgan fingerprint density at radius 2 is 2.19 bits per heavy atom. The second-order valence-electron chi connectivity index (χ2n) is 5.10. The fourth-order valence-electron chi connectivity index (χ4n) is 2.55. The fraction of sp³-hybridized carbons (Fsp3) is 0.250. The van der Waals surface area contributed by atoms with Gasteiger partial charge in [-0.15, -0.1) is 11.3 Å². The van der Waals surface area contributed by atoms with Crippen molar-refractivity contribution in [2.45, 2.75) is 12.6 Å². The molecule has 0 saturated heterocycles. The fourth-order valence-corrected chi connectivity index (χ4v) is 3.10. The molecule has 1 atom stereocenters. The number of nitrogens with zero attached hydrogens (tertiary/aromatic N) is 3. The summed E-state index contributed by atoms with van der Waals surface area (Å²) in [6.45, 7) is 1.38. The van der Waals surface area contributed by atoms with Crippen molar-refractivity contribution in [3.05, 3.63) is 58.7 Å². The lowest BCUT2D eigenvalue weighted by molar-refractivity contribution is 0.239. The van der Waals surface area contributed by atoms with Gasteiger partial charge in [-0.2, -0.15) is 0 Å². The van der Waals surface area contributed by atoms with Crippen molar-refractivity contribution < 1.29 is 0 Å². The number of rotatable bonds is 5. The van der Waals surface area contributed by atoms with Crippen molar-refractivity contribution in [1.29, 1.82) is 0 Å². The smallest absolute Gasteiger partial charge is 0.0795 e. The van der Waals surface area contributed by atoms with Crippen LogP contribution in [0, 0.1) is 0 Å². The maximum Gasteiger partial charge on any atom is 0.0795 e. The number of nitrogens with two attached hydrogens (primary N) is 1. The van der Waals surface area contributed by atoms with Gasteiger partial charge in [-0.3, -0.25) is 9.88 Å². The Hall–Kier alpha value is -1.82. The molecular formula is C16H18N4S. The largest absolute Gasteiger partial charge is 0.329 e. The van der Waals surface area contributed by atoms with Gasteiger partial charge in [0.1, 0.15) is 0 Å². The Morgan fingerprint density at radius 3 is 2.95 bits per heavy atom. The highest BCUT2D eigenvalue weighted by Crippen LogP contribution is 2.23. The molecule has 0 radical (unpaired) electrons. The van der Waals surface area contributed by atoms with Crippen LogP contribution in [0.15, 0.2) is 47.4 Å². The summed E-state index contributed by atoms with van der Waals surface area (Å²) in [7, 11) is 2.09. The molecule has 0 saturated carbocycles. The molecule has 2 heterocycles. The molecule has 108 valence electrons. The first-order chi connectivity index (χ1) is 10.3. The third-order valence-electron chi connectivity index (χ3n) is 3.66. The third-order valence-corrected chi connectivity index (χ3v) is 4.30. The summed E-state index contributed by atoms with van der Waals surface area (Å²) in [4.78, 5) is 10.9. The number of benzene rings is 1. The first kappa shape index (κ1) is 14.1. The van der Waals surface area contributed by atoms with Crippen LogP contribution in [-0.2, 0) is 6.54 Å². The first-order valence-corrected chi connectivity index (χ1v) is 7.84. The lowest BCUT2D eigenvalue weighted by atomic mass is 10.0. The van der Waals surface area contributed by atoms with E-state index in [1.165, 1.54) is 5.56 Å². The van der Waals surface area contributed by atoms with Gasteiger partial charge in [0.25, 0.3) is 0 Å². The molecule has 0 fully saturated rings. The average Bonchev–Trinajstić information content (AvgIpc) is 3.01. The molecule has 1 aromatic carbocycles. The highest BCUT2D eigenvalue weighted by molar-refractivity contribution is 7.07. The van der Waals surface area contributed by atoms with Gasteiger partial charge in [-0.1, -0.05) is 12.1 Å². The van der Waals surface area contributed by atoms with Crippen molar-refractivity contribution in [2.24, 2.45) is 5.73 Å². The van der Waals surface area contributed by atoms with E-state index < -0.39 is 0 Å². The van der Waals surface area contributed by atoms with E-state index in [9.17, 15) is 0 Å². The van der Waals surface area contributed by atoms with Crippen LogP contribution in [0.5, 0.6) is 0 Å². The van der Waals surface area contributed by atoms with E-state index >= 15 is 0 Å². The number of hydrogen-bond acceptors (Lipinski definition) is 5. The van der Waals surface area contributed by atoms with Crippen molar-refractivity contribution in [3.63, 3.8) is 0 Å². The van der Waals surface area contributed by atoms with Crippen LogP contribution in [0.3, 0.4) is 0 Å². The summed E-state index contributed by atoms with van der Waals surface area (Å²) in [6, 6.07) is 10.6. The summed E-state index contributed by atoms with van der Waals surface area (Å²) < 4.78 is 0. The van der Waals surface area contributed by atoms with Crippen molar-refractivity contribution >= 4 is 22.2 Å². The summed E-state index contributed by atoms with van der Waals surface area (Å²) in [5.41, 5.74) is 11.2. The highest BCUT2D eigenvalue weighted by atomic mass is 32.1. The molecule has 21 heavy (non-hydrogen) atoms. The second-order valence-corrected chi connectivity index (χ2v) is 5.82. The normalized spacial score (nSPS) is 12.9. The van der Waals surface area contributed by atoms with Crippen LogP contribution in [0.4, 0.5) is 0 Å². The molecular weight excluding hydrogens is 280 g/mol. The predicted octanol–water partition coefficient (Wildman–Crippen LogP) is 2.82. The van der Waals surface area contributed by atoms with E-state index in [0.717, 1.165) is 23.1 Å². The van der Waals surface area contributed by atoms with Crippen LogP contribution >= 0.6 is 11.3 Å². The van der Waals surface area contributed by atoms with Gasteiger partial charge in [0, 0.05) is 36.1 Å². The van der Waals surface area contributed by atoms with Gasteiger partial charge in [0.15, 0.2) is 0 Å². The molecule has 0 spiro atoms. The molecule has 2 aromatic heterocycles. The van der Waals surface area contributed by atoms with Crippen molar-refractivity contribution in [1.82, 2.24) is 14.9 Å². The summed E-state index contributed by atoms with van der Waals surface area (Å²) >= 11 is 1.62. The van der Waals surface area contributed by atoms with Gasteiger partial charge < -0.3 is 5.73 Å². The molecule has 0 amide bonds. The van der Waals surface area contributed by atoms with Crippen molar-refractivity contribution in [2.75, 3.05) is 13.6 Å². The lowest BCUT2D eigenvalue weighted by Gasteiger charge is -2.27. The maximum atomic E-state index is 6.00. The first-order valence-electron chi connectivity index (χ1n) is 6.90. The number of hydrogen-bond donors (Lipinski definition) is 1. The Bertz CT molecular complexity index is 711. The standard InChI is InChI=1S/C16H18N4S/c1-20(9-14-10-21-11-19-14)16(8-17)13-4-5-15-12(7-13)3-2-6-18-15/h2-7,10-11,16H,8-9,17H2,1H3. The Labute approximate surface area is 128 Å². The summed E-state index contributed by atoms with van der Waals surface area (Å²) in [5, 5.41) is 3.23. The zero-order chi connectivity index (χ0) is 14.7. The minimum absolute atomic E-state index is 0.177. The van der Waals surface area contributed by atoms with Crippen LogP contribution in [-0.4, -0.2) is 28.5 Å². The quantitative estimate of drug-likeness (QED) is 0.787. The Balaban J connectivity index is 1.86. The van der Waals surface area contributed by atoms with Crippen LogP contribution < -0.4 is 5.73 Å². The summed E-state index contributed by atoms with van der Waals surface area (Å²) in [5.74, 6) is 0. The number of aromatic nitrogens is 2. The van der Waals surface area contributed by atoms with Gasteiger partial charge in [0.05, 0.1) is 16.7 Å². The SMILES string of the molecule is CN(Cc1cscn1)C(CN)c1ccc2ncccc2c1. The second kappa shape index (κ2) is 6.30. The maximum absolute atomic E-state index is 6.00. The van der Waals surface area contributed by atoms with Gasteiger partial charge in [-0.05, 0) is 30.8 Å². The minimum atomic E-state index is 0.177. The zero-order valence-electron chi connectivity index (χ0n) is 11.9. The molecule has 3 rings (SSSR count). The number of likely N-dealkylation sites (N-methyl/N-ethyl adjacent to an activating group) is 1. The third kappa shape index (κ3) is 3.10. The molecule has 0 aliphatic heterocycles. The van der Waals surface area contributed by atoms with E-state index in [4.69, 9.17) is 5.73 Å². The van der Waals surface area contributed by atoms with E-state index in [0.29, 0.717) is 6.54 Å². The van der Waals surface area contributed by atoms with Gasteiger partial charge in [-0.25, -0.2) is 4.98 Å². The molecule has 4 nitrogen and oxygen atoms in total. The Morgan fingerprint density at radius 1 is 1.29 bits per heavy atom. The van der Waals surface area contributed by atoms with Crippen molar-refractivity contribution in [3.8, 4) is 0 Å². The van der Waals surface area contributed by atoms with Crippen LogP contribution in [0.1, 0.15) is 17.3 Å². The van der Waals surface area contributed by atoms with Crippen LogP contribution in [0.25, 0.3) is 10.9 Å². The van der Waals surface area contributed by atoms with E-state index in [1.54, 1.807) is 11.3 Å². The monoisotopic (exact) mass is 298 g/mol. The molecule has 0 aliphatic carbocycles. The Kier molecular flexibility index (Phi) is 4.24. The molecule has 2 N–H and O–H groups in total. The average molecular weight is 298 g/mol. The predicted molar refractivity (Wildman–Crippen MR) is 87.1 cm³/mol. The van der Waals surface area contributed by atoms with Crippen LogP contribution in [0.2, 0.25) is 0 Å². The molecule has 0 bridgehead atoms. The minimum Gasteiger partial charge on any atom is -0.329 e. The molecule has 0 aliphatic rings. The van der Waals surface area contributed by atoms with Gasteiger partial charge in [0.2, 0.25) is 0 Å². The van der Waals surface area contributed by atoms with E-state index in [2.05, 4.69) is 51.6 Å². The summed E-state index contributed by atoms with van der Waals surface area (Å²) in [6.07, 6.45) is 1.82. The van der Waals surface area contributed by atoms with E-state index in [-0.39, 0.29) is 6.04 Å². The van der Waals surface area contributed by atoms with E-state index in [1.807, 2.05) is 17.8 Å². The number of fused-ring (bicyclic) bond motifs is 1. The number of pyridine rings is 1. The van der Waals surface area contributed by atoms with Gasteiger partial charge >= 0.3 is 0 Å². The lowest BCUT2D eigenvalue weighted by Crippen LogP contribution is -2.30. The molecule has 3 aromatic rings. The molecule has 5 heteroatoms. The topological polar surface area (TPSA) is 55.0 Å². The zero-order valence-corrected chi connectivity index (χ0v) is 12.8. The highest BCUT2D eigenvalue weighted by Gasteiger charge is 2.16.